The molecule has 2 rings (SSSR count). The van der Waals surface area contributed by atoms with Gasteiger partial charge >= 0.3 is 0 Å². The van der Waals surface area contributed by atoms with Gasteiger partial charge in [-0.1, -0.05) is 15.9 Å². The van der Waals surface area contributed by atoms with Crippen molar-refractivity contribution in [1.29, 1.82) is 0 Å². The highest BCUT2D eigenvalue weighted by molar-refractivity contribution is 9.10. The van der Waals surface area contributed by atoms with Gasteiger partial charge in [0.05, 0.1) is 5.56 Å². The van der Waals surface area contributed by atoms with E-state index in [1.807, 2.05) is 6.92 Å². The average molecular weight is 308 g/mol. The molecule has 0 aliphatic rings. The predicted octanol–water partition coefficient (Wildman–Crippen LogP) is 3.71. The fraction of sp³-hybridized carbons (Fsp3) is 0.0714. The normalized spacial score (nSPS) is 10.4. The smallest absolute Gasteiger partial charge is 0.196 e. The first kappa shape index (κ1) is 12.8. The highest BCUT2D eigenvalue weighted by Crippen LogP contribution is 2.21. The van der Waals surface area contributed by atoms with E-state index in [0.29, 0.717) is 15.7 Å². The van der Waals surface area contributed by atoms with Crippen LogP contribution in [0.25, 0.3) is 0 Å². The van der Waals surface area contributed by atoms with Crippen molar-refractivity contribution in [1.82, 2.24) is 0 Å². The third-order valence-electron chi connectivity index (χ3n) is 2.71. The molecule has 0 bridgehead atoms. The summed E-state index contributed by atoms with van der Waals surface area (Å²) in [6, 6.07) is 9.21. The van der Waals surface area contributed by atoms with E-state index < -0.39 is 5.82 Å². The van der Waals surface area contributed by atoms with Gasteiger partial charge in [-0.25, -0.2) is 4.39 Å². The van der Waals surface area contributed by atoms with Crippen LogP contribution in [0.1, 0.15) is 21.5 Å². The number of hydrogen-bond acceptors (Lipinski definition) is 2. The third kappa shape index (κ3) is 2.43. The number of benzene rings is 2. The second kappa shape index (κ2) is 4.90. The van der Waals surface area contributed by atoms with Crippen molar-refractivity contribution in [3.8, 4) is 0 Å². The van der Waals surface area contributed by atoms with Crippen LogP contribution in [0.4, 0.5) is 10.1 Å². The van der Waals surface area contributed by atoms with Gasteiger partial charge in [-0.15, -0.1) is 0 Å². The molecule has 0 atom stereocenters. The molecule has 2 aromatic rings. The maximum atomic E-state index is 13.6. The molecule has 0 saturated carbocycles. The lowest BCUT2D eigenvalue weighted by molar-refractivity contribution is 0.103. The van der Waals surface area contributed by atoms with Crippen LogP contribution in [0.5, 0.6) is 0 Å². The van der Waals surface area contributed by atoms with Crippen molar-refractivity contribution in [2.24, 2.45) is 0 Å². The van der Waals surface area contributed by atoms with Crippen molar-refractivity contribution in [2.75, 3.05) is 5.73 Å². The standard InChI is InChI=1S/C14H11BrFNO/c1-8-6-9(2-5-13(8)17)14(18)11-7-10(15)3-4-12(11)16/h2-7H,17H2,1H3. The van der Waals surface area contributed by atoms with Gasteiger partial charge in [0.1, 0.15) is 5.82 Å². The quantitative estimate of drug-likeness (QED) is 0.679. The van der Waals surface area contributed by atoms with Gasteiger partial charge in [0.25, 0.3) is 0 Å². The second-order valence-corrected chi connectivity index (χ2v) is 4.94. The molecular weight excluding hydrogens is 297 g/mol. The zero-order valence-corrected chi connectivity index (χ0v) is 11.3. The Kier molecular flexibility index (Phi) is 3.48. The van der Waals surface area contributed by atoms with Gasteiger partial charge in [0.15, 0.2) is 5.78 Å². The minimum Gasteiger partial charge on any atom is -0.399 e. The zero-order chi connectivity index (χ0) is 13.3. The lowest BCUT2D eigenvalue weighted by Crippen LogP contribution is -2.05. The van der Waals surface area contributed by atoms with Crippen molar-refractivity contribution in [3.63, 3.8) is 0 Å². The summed E-state index contributed by atoms with van der Waals surface area (Å²) in [5.41, 5.74) is 7.58. The van der Waals surface area contributed by atoms with Crippen LogP contribution in [-0.2, 0) is 0 Å². The molecule has 92 valence electrons. The summed E-state index contributed by atoms with van der Waals surface area (Å²) in [4.78, 5) is 12.2. The highest BCUT2D eigenvalue weighted by atomic mass is 79.9. The molecule has 0 heterocycles. The second-order valence-electron chi connectivity index (χ2n) is 4.02. The molecule has 0 saturated heterocycles. The van der Waals surface area contributed by atoms with Gasteiger partial charge < -0.3 is 5.73 Å². The van der Waals surface area contributed by atoms with Crippen molar-refractivity contribution in [2.45, 2.75) is 6.92 Å². The molecule has 4 heteroatoms. The Morgan fingerprint density at radius 3 is 2.61 bits per heavy atom. The van der Waals surface area contributed by atoms with Gasteiger partial charge in [0, 0.05) is 15.7 Å². The zero-order valence-electron chi connectivity index (χ0n) is 9.71. The largest absolute Gasteiger partial charge is 0.399 e. The topological polar surface area (TPSA) is 43.1 Å². The lowest BCUT2D eigenvalue weighted by Gasteiger charge is -2.06. The van der Waals surface area contributed by atoms with E-state index in [2.05, 4.69) is 15.9 Å². The Morgan fingerprint density at radius 1 is 1.22 bits per heavy atom. The van der Waals surface area contributed by atoms with E-state index in [9.17, 15) is 9.18 Å². The maximum Gasteiger partial charge on any atom is 0.196 e. The number of hydrogen-bond donors (Lipinski definition) is 1. The summed E-state index contributed by atoms with van der Waals surface area (Å²) in [6.07, 6.45) is 0. The van der Waals surface area contributed by atoms with Crippen LogP contribution >= 0.6 is 15.9 Å². The van der Waals surface area contributed by atoms with Crippen LogP contribution < -0.4 is 5.73 Å². The fourth-order valence-electron chi connectivity index (χ4n) is 1.64. The Bertz CT molecular complexity index is 625. The van der Waals surface area contributed by atoms with Gasteiger partial charge in [-0.3, -0.25) is 4.79 Å². The molecule has 0 aliphatic carbocycles. The number of carbonyl (C=O) groups excluding carboxylic acids is 1. The number of halogens is 2. The Morgan fingerprint density at radius 2 is 1.94 bits per heavy atom. The van der Waals surface area contributed by atoms with Crippen molar-refractivity contribution >= 4 is 27.4 Å². The van der Waals surface area contributed by atoms with Crippen LogP contribution in [0.3, 0.4) is 0 Å². The number of nitrogens with two attached hydrogens (primary N) is 1. The van der Waals surface area contributed by atoms with Crippen LogP contribution in [0, 0.1) is 12.7 Å². The van der Waals surface area contributed by atoms with Crippen LogP contribution in [0.15, 0.2) is 40.9 Å². The van der Waals surface area contributed by atoms with Gasteiger partial charge in [-0.05, 0) is 48.9 Å². The van der Waals surface area contributed by atoms with E-state index in [-0.39, 0.29) is 11.3 Å². The van der Waals surface area contributed by atoms with E-state index in [1.54, 1.807) is 24.3 Å². The first-order valence-corrected chi connectivity index (χ1v) is 6.14. The molecule has 0 amide bonds. The monoisotopic (exact) mass is 307 g/mol. The SMILES string of the molecule is Cc1cc(C(=O)c2cc(Br)ccc2F)ccc1N. The average Bonchev–Trinajstić information content (AvgIpc) is 2.35. The summed E-state index contributed by atoms with van der Waals surface area (Å²) in [5.74, 6) is -0.880. The molecule has 2 N–H and O–H groups in total. The number of ketones is 1. The van der Waals surface area contributed by atoms with Crippen molar-refractivity contribution in [3.05, 3.63) is 63.4 Å². The first-order chi connectivity index (χ1) is 8.49. The maximum absolute atomic E-state index is 13.6. The van der Waals surface area contributed by atoms with E-state index in [0.717, 1.165) is 5.56 Å². The summed E-state index contributed by atoms with van der Waals surface area (Å²) in [7, 11) is 0. The molecule has 0 radical (unpaired) electrons. The molecule has 0 unspecified atom stereocenters. The Balaban J connectivity index is 2.47. The third-order valence-corrected chi connectivity index (χ3v) is 3.20. The van der Waals surface area contributed by atoms with Gasteiger partial charge in [-0.2, -0.15) is 0 Å². The molecule has 0 aliphatic heterocycles. The Labute approximate surface area is 113 Å². The number of anilines is 1. The summed E-state index contributed by atoms with van der Waals surface area (Å²) in [5, 5.41) is 0. The molecule has 0 fully saturated rings. The van der Waals surface area contributed by atoms with E-state index in [4.69, 9.17) is 5.73 Å². The molecule has 2 nitrogen and oxygen atoms in total. The first-order valence-electron chi connectivity index (χ1n) is 5.35. The molecular formula is C14H11BrFNO. The predicted molar refractivity (Wildman–Crippen MR) is 73.1 cm³/mol. The Hall–Kier alpha value is -1.68. The number of carbonyl (C=O) groups is 1. The summed E-state index contributed by atoms with van der Waals surface area (Å²) >= 11 is 3.22. The number of aryl methyl sites for hydroxylation is 1. The number of rotatable bonds is 2. The number of nitrogen functional groups attached to an aromatic ring is 1. The molecule has 0 spiro atoms. The minimum atomic E-state index is -0.530. The van der Waals surface area contributed by atoms with Crippen LogP contribution in [0.2, 0.25) is 0 Å². The molecule has 0 aromatic heterocycles. The van der Waals surface area contributed by atoms with E-state index in [1.165, 1.54) is 12.1 Å². The van der Waals surface area contributed by atoms with Crippen LogP contribution in [-0.4, -0.2) is 5.78 Å². The van der Waals surface area contributed by atoms with E-state index >= 15 is 0 Å². The van der Waals surface area contributed by atoms with Gasteiger partial charge in [0.2, 0.25) is 0 Å². The summed E-state index contributed by atoms with van der Waals surface area (Å²) in [6.45, 7) is 1.81. The minimum absolute atomic E-state index is 0.0496. The highest BCUT2D eigenvalue weighted by Gasteiger charge is 2.14. The lowest BCUT2D eigenvalue weighted by atomic mass is 10.0. The molecule has 2 aromatic carbocycles. The molecule has 18 heavy (non-hydrogen) atoms. The summed E-state index contributed by atoms with van der Waals surface area (Å²) < 4.78 is 14.3. The fourth-order valence-corrected chi connectivity index (χ4v) is 2.01. The van der Waals surface area contributed by atoms with Crippen molar-refractivity contribution < 1.29 is 9.18 Å².